The molecule has 0 spiro atoms. The lowest BCUT2D eigenvalue weighted by Gasteiger charge is -2.29. The number of carbonyl (C=O) groups is 1. The van der Waals surface area contributed by atoms with Crippen LogP contribution in [-0.4, -0.2) is 36.5 Å². The molecule has 1 heterocycles. The molecule has 2 aliphatic rings. The first-order chi connectivity index (χ1) is 8.16. The summed E-state index contributed by atoms with van der Waals surface area (Å²) >= 11 is 0. The van der Waals surface area contributed by atoms with Gasteiger partial charge >= 0.3 is 0 Å². The Labute approximate surface area is 117 Å². The molecule has 0 radical (unpaired) electrons. The van der Waals surface area contributed by atoms with Crippen LogP contribution in [0.25, 0.3) is 0 Å². The van der Waals surface area contributed by atoms with Crippen LogP contribution in [0.4, 0.5) is 0 Å². The highest BCUT2D eigenvalue weighted by Crippen LogP contribution is 2.27. The fraction of sp³-hybridized carbons (Fsp3) is 0.929. The van der Waals surface area contributed by atoms with Gasteiger partial charge < -0.3 is 10.2 Å². The second-order valence-electron chi connectivity index (χ2n) is 6.01. The maximum atomic E-state index is 12.2. The molecule has 106 valence electrons. The van der Waals surface area contributed by atoms with Crippen LogP contribution < -0.4 is 5.32 Å². The molecule has 1 aliphatic heterocycles. The Hall–Kier alpha value is -0.280. The molecule has 0 aromatic heterocycles. The highest BCUT2D eigenvalue weighted by molar-refractivity contribution is 5.85. The molecule has 4 heteroatoms. The summed E-state index contributed by atoms with van der Waals surface area (Å²) in [7, 11) is 0. The quantitative estimate of drug-likeness (QED) is 0.854. The fourth-order valence-corrected chi connectivity index (χ4v) is 2.68. The van der Waals surface area contributed by atoms with Gasteiger partial charge in [-0.15, -0.1) is 12.4 Å². The van der Waals surface area contributed by atoms with Gasteiger partial charge in [0.05, 0.1) is 6.54 Å². The standard InChI is InChI=1S/C14H26N2O.ClH/c1-11-4-3-5-12(2)16(10-11)14(17)9-15-8-13-6-7-13;/h11-13,15H,3-10H2,1-2H3;1H. The maximum Gasteiger partial charge on any atom is 0.236 e. The molecule has 1 saturated carbocycles. The van der Waals surface area contributed by atoms with E-state index in [4.69, 9.17) is 0 Å². The Kier molecular flexibility index (Phi) is 6.44. The zero-order valence-corrected chi connectivity index (χ0v) is 12.5. The van der Waals surface area contributed by atoms with Gasteiger partial charge in [-0.1, -0.05) is 13.3 Å². The molecular formula is C14H27ClN2O. The normalized spacial score (nSPS) is 28.4. The van der Waals surface area contributed by atoms with Crippen LogP contribution >= 0.6 is 12.4 Å². The molecule has 1 saturated heterocycles. The van der Waals surface area contributed by atoms with Crippen LogP contribution in [0.3, 0.4) is 0 Å². The van der Waals surface area contributed by atoms with Crippen LogP contribution in [-0.2, 0) is 4.79 Å². The molecule has 0 aromatic rings. The smallest absolute Gasteiger partial charge is 0.236 e. The van der Waals surface area contributed by atoms with E-state index in [-0.39, 0.29) is 12.4 Å². The molecule has 2 unspecified atom stereocenters. The number of carbonyl (C=O) groups excluding carboxylic acids is 1. The lowest BCUT2D eigenvalue weighted by molar-refractivity contribution is -0.132. The largest absolute Gasteiger partial charge is 0.339 e. The van der Waals surface area contributed by atoms with Crippen molar-refractivity contribution in [3.05, 3.63) is 0 Å². The van der Waals surface area contributed by atoms with E-state index in [1.807, 2.05) is 0 Å². The molecule has 0 aromatic carbocycles. The lowest BCUT2D eigenvalue weighted by Crippen LogP contribution is -2.44. The Morgan fingerprint density at radius 1 is 1.22 bits per heavy atom. The van der Waals surface area contributed by atoms with Crippen molar-refractivity contribution in [2.45, 2.75) is 52.0 Å². The van der Waals surface area contributed by atoms with Gasteiger partial charge in [0, 0.05) is 12.6 Å². The zero-order chi connectivity index (χ0) is 12.3. The summed E-state index contributed by atoms with van der Waals surface area (Å²) in [5.41, 5.74) is 0. The summed E-state index contributed by atoms with van der Waals surface area (Å²) in [6.07, 6.45) is 6.39. The summed E-state index contributed by atoms with van der Waals surface area (Å²) in [5.74, 6) is 1.81. The summed E-state index contributed by atoms with van der Waals surface area (Å²) in [4.78, 5) is 14.3. The van der Waals surface area contributed by atoms with E-state index in [0.717, 1.165) is 19.0 Å². The van der Waals surface area contributed by atoms with Gasteiger partial charge in [0.2, 0.25) is 5.91 Å². The summed E-state index contributed by atoms with van der Waals surface area (Å²) in [6, 6.07) is 0.426. The molecule has 2 rings (SSSR count). The number of nitrogens with one attached hydrogen (secondary N) is 1. The Balaban J connectivity index is 0.00000162. The maximum absolute atomic E-state index is 12.2. The predicted molar refractivity (Wildman–Crippen MR) is 77.0 cm³/mol. The van der Waals surface area contributed by atoms with Crippen LogP contribution in [0.2, 0.25) is 0 Å². The summed E-state index contributed by atoms with van der Waals surface area (Å²) < 4.78 is 0. The number of halogens is 1. The van der Waals surface area contributed by atoms with E-state index in [1.54, 1.807) is 0 Å². The van der Waals surface area contributed by atoms with E-state index in [0.29, 0.717) is 24.4 Å². The van der Waals surface area contributed by atoms with Gasteiger partial charge in [0.1, 0.15) is 0 Å². The van der Waals surface area contributed by atoms with Crippen molar-refractivity contribution in [3.8, 4) is 0 Å². The van der Waals surface area contributed by atoms with Gasteiger partial charge in [0.25, 0.3) is 0 Å². The molecule has 0 bridgehead atoms. The number of hydrogen-bond acceptors (Lipinski definition) is 2. The van der Waals surface area contributed by atoms with Crippen molar-refractivity contribution in [2.24, 2.45) is 11.8 Å². The third-order valence-corrected chi connectivity index (χ3v) is 4.09. The van der Waals surface area contributed by atoms with Crippen LogP contribution in [0.15, 0.2) is 0 Å². The highest BCUT2D eigenvalue weighted by atomic mass is 35.5. The van der Waals surface area contributed by atoms with Gasteiger partial charge in [0.15, 0.2) is 0 Å². The lowest BCUT2D eigenvalue weighted by atomic mass is 10.1. The summed E-state index contributed by atoms with van der Waals surface area (Å²) in [6.45, 7) is 6.97. The van der Waals surface area contributed by atoms with Crippen molar-refractivity contribution in [2.75, 3.05) is 19.6 Å². The molecule has 1 N–H and O–H groups in total. The monoisotopic (exact) mass is 274 g/mol. The zero-order valence-electron chi connectivity index (χ0n) is 11.7. The average Bonchev–Trinajstić information content (AvgIpc) is 3.09. The SMILES string of the molecule is CC1CCCC(C)N(C(=O)CNCC2CC2)C1.Cl. The molecule has 2 fully saturated rings. The molecule has 3 nitrogen and oxygen atoms in total. The van der Waals surface area contributed by atoms with Crippen molar-refractivity contribution in [1.82, 2.24) is 10.2 Å². The second-order valence-corrected chi connectivity index (χ2v) is 6.01. The minimum atomic E-state index is 0. The number of hydrogen-bond donors (Lipinski definition) is 1. The average molecular weight is 275 g/mol. The first-order valence-electron chi connectivity index (χ1n) is 7.17. The molecule has 1 aliphatic carbocycles. The van der Waals surface area contributed by atoms with E-state index < -0.39 is 0 Å². The first-order valence-corrected chi connectivity index (χ1v) is 7.17. The van der Waals surface area contributed by atoms with Crippen LogP contribution in [0, 0.1) is 11.8 Å². The van der Waals surface area contributed by atoms with Gasteiger partial charge in [-0.2, -0.15) is 0 Å². The molecule has 2 atom stereocenters. The Morgan fingerprint density at radius 2 is 1.94 bits per heavy atom. The van der Waals surface area contributed by atoms with E-state index in [2.05, 4.69) is 24.1 Å². The van der Waals surface area contributed by atoms with Crippen molar-refractivity contribution in [3.63, 3.8) is 0 Å². The Bertz CT molecular complexity index is 269. The summed E-state index contributed by atoms with van der Waals surface area (Å²) in [5, 5.41) is 3.31. The topological polar surface area (TPSA) is 32.3 Å². The third-order valence-electron chi connectivity index (χ3n) is 4.09. The van der Waals surface area contributed by atoms with Crippen LogP contribution in [0.1, 0.15) is 46.0 Å². The van der Waals surface area contributed by atoms with E-state index in [9.17, 15) is 4.79 Å². The van der Waals surface area contributed by atoms with E-state index in [1.165, 1.54) is 32.1 Å². The van der Waals surface area contributed by atoms with Crippen LogP contribution in [0.5, 0.6) is 0 Å². The molecular weight excluding hydrogens is 248 g/mol. The minimum Gasteiger partial charge on any atom is -0.339 e. The van der Waals surface area contributed by atoms with Gasteiger partial charge in [-0.05, 0) is 51.0 Å². The van der Waals surface area contributed by atoms with Crippen molar-refractivity contribution in [1.29, 1.82) is 0 Å². The third kappa shape index (κ3) is 4.77. The molecule has 1 amide bonds. The highest BCUT2D eigenvalue weighted by Gasteiger charge is 2.25. The number of nitrogens with zero attached hydrogens (tertiary/aromatic N) is 1. The number of amides is 1. The fourth-order valence-electron chi connectivity index (χ4n) is 2.68. The predicted octanol–water partition coefficient (Wildman–Crippen LogP) is 2.44. The van der Waals surface area contributed by atoms with Crippen molar-refractivity contribution < 1.29 is 4.79 Å². The first kappa shape index (κ1) is 15.8. The van der Waals surface area contributed by atoms with E-state index >= 15 is 0 Å². The molecule has 18 heavy (non-hydrogen) atoms. The number of rotatable bonds is 4. The minimum absolute atomic E-state index is 0. The van der Waals surface area contributed by atoms with Crippen molar-refractivity contribution >= 4 is 18.3 Å². The second kappa shape index (κ2) is 7.34. The Morgan fingerprint density at radius 3 is 2.61 bits per heavy atom. The number of likely N-dealkylation sites (tertiary alicyclic amines) is 1. The van der Waals surface area contributed by atoms with Gasteiger partial charge in [-0.3, -0.25) is 4.79 Å². The van der Waals surface area contributed by atoms with Gasteiger partial charge in [-0.25, -0.2) is 0 Å².